The Morgan fingerprint density at radius 1 is 1.78 bits per heavy atom. The highest BCUT2D eigenvalue weighted by Crippen LogP contribution is 2.42. The molecule has 54 valence electrons. The second kappa shape index (κ2) is 3.71. The Labute approximate surface area is 50.6 Å². The molecule has 0 rings (SSSR count). The summed E-state index contributed by atoms with van der Waals surface area (Å²) < 4.78 is 35.6. The molecular formula is C3H5F2O3P. The molecule has 0 aliphatic carbocycles. The van der Waals surface area contributed by atoms with Gasteiger partial charge in [0.15, 0.2) is 0 Å². The van der Waals surface area contributed by atoms with Crippen LogP contribution in [0.1, 0.15) is 0 Å². The van der Waals surface area contributed by atoms with E-state index in [1.54, 1.807) is 0 Å². The summed E-state index contributed by atoms with van der Waals surface area (Å²) in [4.78, 5) is 7.75. The largest absolute Gasteiger partial charge is 0.510 e. The standard InChI is InChI=1S/C3H5F2O3P/c4-2-1-3-8-9(5,6)7/h1-2H,3H2,(H,6,7). The second-order valence-corrected chi connectivity index (χ2v) is 2.27. The van der Waals surface area contributed by atoms with Crippen LogP contribution in [0.2, 0.25) is 0 Å². The minimum Gasteiger partial charge on any atom is -0.299 e. The fourth-order valence-corrected chi connectivity index (χ4v) is 0.441. The Morgan fingerprint density at radius 2 is 2.33 bits per heavy atom. The molecule has 0 aromatic carbocycles. The van der Waals surface area contributed by atoms with Crippen molar-refractivity contribution in [3.8, 4) is 0 Å². The Kier molecular flexibility index (Phi) is 3.61. The summed E-state index contributed by atoms with van der Waals surface area (Å²) in [6, 6.07) is 0. The molecule has 9 heavy (non-hydrogen) atoms. The summed E-state index contributed by atoms with van der Waals surface area (Å²) in [6.45, 7) is -0.541. The maximum atomic E-state index is 11.4. The van der Waals surface area contributed by atoms with Gasteiger partial charge in [0.2, 0.25) is 0 Å². The molecule has 0 aromatic heterocycles. The fourth-order valence-electron chi connectivity index (χ4n) is 0.171. The van der Waals surface area contributed by atoms with Crippen LogP contribution in [0.5, 0.6) is 0 Å². The molecule has 0 saturated carbocycles. The maximum Gasteiger partial charge on any atom is 0.510 e. The smallest absolute Gasteiger partial charge is 0.299 e. The first kappa shape index (κ1) is 8.75. The van der Waals surface area contributed by atoms with Crippen molar-refractivity contribution < 1.29 is 22.6 Å². The lowest BCUT2D eigenvalue weighted by Gasteiger charge is -1.96. The summed E-state index contributed by atoms with van der Waals surface area (Å²) in [6.07, 6.45) is 0.859. The average Bonchev–Trinajstić information content (AvgIpc) is 1.63. The lowest BCUT2D eigenvalue weighted by atomic mass is 10.7. The highest BCUT2D eigenvalue weighted by molar-refractivity contribution is 7.46. The lowest BCUT2D eigenvalue weighted by Crippen LogP contribution is -1.82. The van der Waals surface area contributed by atoms with Crippen LogP contribution < -0.4 is 0 Å². The van der Waals surface area contributed by atoms with Crippen LogP contribution >= 0.6 is 7.91 Å². The van der Waals surface area contributed by atoms with Gasteiger partial charge in [0, 0.05) is 0 Å². The van der Waals surface area contributed by atoms with Crippen molar-refractivity contribution in [2.75, 3.05) is 6.61 Å². The van der Waals surface area contributed by atoms with E-state index in [4.69, 9.17) is 4.89 Å². The van der Waals surface area contributed by atoms with Gasteiger partial charge in [-0.2, -0.15) is 0 Å². The van der Waals surface area contributed by atoms with E-state index in [1.165, 1.54) is 0 Å². The maximum absolute atomic E-state index is 11.4. The van der Waals surface area contributed by atoms with E-state index in [2.05, 4.69) is 4.52 Å². The summed E-state index contributed by atoms with van der Waals surface area (Å²) in [5, 5.41) is 0. The monoisotopic (exact) mass is 158 g/mol. The van der Waals surface area contributed by atoms with Crippen molar-refractivity contribution in [2.45, 2.75) is 0 Å². The number of rotatable bonds is 3. The first-order valence-electron chi connectivity index (χ1n) is 1.98. The molecule has 3 nitrogen and oxygen atoms in total. The van der Waals surface area contributed by atoms with E-state index >= 15 is 0 Å². The molecule has 0 saturated heterocycles. The van der Waals surface area contributed by atoms with Gasteiger partial charge in [-0.3, -0.25) is 9.42 Å². The van der Waals surface area contributed by atoms with Gasteiger partial charge < -0.3 is 0 Å². The number of hydrogen-bond donors (Lipinski definition) is 1. The predicted molar refractivity (Wildman–Crippen MR) is 27.1 cm³/mol. The molecule has 0 heterocycles. The van der Waals surface area contributed by atoms with Crippen molar-refractivity contribution in [2.24, 2.45) is 0 Å². The van der Waals surface area contributed by atoms with E-state index in [0.717, 1.165) is 6.08 Å². The Balaban J connectivity index is 3.40. The molecule has 0 radical (unpaired) electrons. The van der Waals surface area contributed by atoms with Crippen LogP contribution in [-0.2, 0) is 9.09 Å². The van der Waals surface area contributed by atoms with E-state index in [0.29, 0.717) is 0 Å². The summed E-state index contributed by atoms with van der Waals surface area (Å²) in [7, 11) is -4.91. The van der Waals surface area contributed by atoms with Crippen LogP contribution in [0.15, 0.2) is 12.4 Å². The zero-order valence-corrected chi connectivity index (χ0v) is 5.22. The zero-order valence-electron chi connectivity index (χ0n) is 4.33. The van der Waals surface area contributed by atoms with Crippen molar-refractivity contribution in [3.05, 3.63) is 12.4 Å². The first-order valence-corrected chi connectivity index (χ1v) is 3.45. The topological polar surface area (TPSA) is 46.5 Å². The van der Waals surface area contributed by atoms with Crippen molar-refractivity contribution in [1.29, 1.82) is 0 Å². The van der Waals surface area contributed by atoms with Crippen molar-refractivity contribution >= 4 is 7.91 Å². The van der Waals surface area contributed by atoms with Crippen molar-refractivity contribution in [3.63, 3.8) is 0 Å². The van der Waals surface area contributed by atoms with Crippen LogP contribution in [0.4, 0.5) is 8.59 Å². The molecule has 0 bridgehead atoms. The molecular weight excluding hydrogens is 153 g/mol. The minimum absolute atomic E-state index is 0.0929. The molecule has 1 unspecified atom stereocenters. The highest BCUT2D eigenvalue weighted by atomic mass is 31.2. The predicted octanol–water partition coefficient (Wildman–Crippen LogP) is 1.56. The highest BCUT2D eigenvalue weighted by Gasteiger charge is 2.14. The molecule has 0 aliphatic rings. The third kappa shape index (κ3) is 7.75. The molecule has 0 spiro atoms. The van der Waals surface area contributed by atoms with Gasteiger partial charge in [-0.25, -0.2) is 8.96 Å². The number of halogens is 2. The normalized spacial score (nSPS) is 18.1. The van der Waals surface area contributed by atoms with Gasteiger partial charge in [0.05, 0.1) is 12.9 Å². The molecule has 0 aromatic rings. The van der Waals surface area contributed by atoms with Crippen LogP contribution in [0, 0.1) is 0 Å². The average molecular weight is 158 g/mol. The van der Waals surface area contributed by atoms with Gasteiger partial charge in [-0.1, -0.05) is 0 Å². The zero-order chi connectivity index (χ0) is 7.33. The Morgan fingerprint density at radius 3 is 2.67 bits per heavy atom. The third-order valence-electron chi connectivity index (χ3n) is 0.419. The Bertz CT molecular complexity index is 140. The Hall–Kier alpha value is -0.250. The van der Waals surface area contributed by atoms with E-state index < -0.39 is 14.5 Å². The van der Waals surface area contributed by atoms with Gasteiger partial charge in [0.25, 0.3) is 0 Å². The van der Waals surface area contributed by atoms with E-state index in [9.17, 15) is 13.2 Å². The number of hydrogen-bond acceptors (Lipinski definition) is 2. The summed E-state index contributed by atoms with van der Waals surface area (Å²) in [5.41, 5.74) is 0. The lowest BCUT2D eigenvalue weighted by molar-refractivity contribution is 0.249. The van der Waals surface area contributed by atoms with Crippen molar-refractivity contribution in [1.82, 2.24) is 0 Å². The van der Waals surface area contributed by atoms with Gasteiger partial charge in [-0.05, 0) is 6.08 Å². The second-order valence-electron chi connectivity index (χ2n) is 1.11. The third-order valence-corrected chi connectivity index (χ3v) is 0.887. The summed E-state index contributed by atoms with van der Waals surface area (Å²) in [5.74, 6) is 0. The first-order chi connectivity index (χ1) is 4.06. The van der Waals surface area contributed by atoms with Crippen LogP contribution in [-0.4, -0.2) is 11.5 Å². The van der Waals surface area contributed by atoms with Gasteiger partial charge in [-0.15, -0.1) is 4.20 Å². The quantitative estimate of drug-likeness (QED) is 0.634. The molecule has 6 heteroatoms. The van der Waals surface area contributed by atoms with E-state index in [-0.39, 0.29) is 6.33 Å². The molecule has 1 atom stereocenters. The van der Waals surface area contributed by atoms with E-state index in [1.807, 2.05) is 0 Å². The molecule has 0 amide bonds. The molecule has 0 aliphatic heterocycles. The summed E-state index contributed by atoms with van der Waals surface area (Å²) >= 11 is 0. The SMILES string of the molecule is O=P(O)(F)OCC=CF. The minimum atomic E-state index is -4.91. The van der Waals surface area contributed by atoms with Gasteiger partial charge >= 0.3 is 7.91 Å². The van der Waals surface area contributed by atoms with Crippen LogP contribution in [0.3, 0.4) is 0 Å². The van der Waals surface area contributed by atoms with Gasteiger partial charge in [0.1, 0.15) is 0 Å². The molecule has 1 N–H and O–H groups in total. The fraction of sp³-hybridized carbons (Fsp3) is 0.333. The molecule has 0 fully saturated rings. The van der Waals surface area contributed by atoms with Crippen LogP contribution in [0.25, 0.3) is 0 Å².